The van der Waals surface area contributed by atoms with Crippen LogP contribution in [0.1, 0.15) is 34.2 Å². The Hall–Kier alpha value is -3.16. The van der Waals surface area contributed by atoms with Crippen molar-refractivity contribution in [2.45, 2.75) is 27.4 Å². The molecule has 1 aliphatic heterocycles. The fourth-order valence-electron chi connectivity index (χ4n) is 4.15. The van der Waals surface area contributed by atoms with Crippen molar-refractivity contribution in [2.75, 3.05) is 44.6 Å². The molecule has 0 spiro atoms. The minimum Gasteiger partial charge on any atom is -0.451 e. The average molecular weight is 450 g/mol. The van der Waals surface area contributed by atoms with Gasteiger partial charge in [-0.15, -0.1) is 0 Å². The summed E-state index contributed by atoms with van der Waals surface area (Å²) in [6.45, 7) is 9.52. The van der Waals surface area contributed by atoms with Crippen LogP contribution in [0.2, 0.25) is 0 Å². The first-order chi connectivity index (χ1) is 16.0. The van der Waals surface area contributed by atoms with Crippen LogP contribution in [0.25, 0.3) is 11.0 Å². The number of piperazine rings is 1. The molecule has 2 aromatic carbocycles. The molecule has 174 valence electrons. The Morgan fingerprint density at radius 2 is 1.79 bits per heavy atom. The SMILES string of the molecule is CCOCc1c(C(=O)N2CCN(CC(=O)Nc3cccc(C)c3C)CC2)oc2ccccc12. The van der Waals surface area contributed by atoms with E-state index in [4.69, 9.17) is 9.15 Å². The molecule has 0 aliphatic carbocycles. The van der Waals surface area contributed by atoms with Gasteiger partial charge in [0.1, 0.15) is 5.58 Å². The van der Waals surface area contributed by atoms with E-state index in [9.17, 15) is 9.59 Å². The van der Waals surface area contributed by atoms with E-state index < -0.39 is 0 Å². The predicted octanol–water partition coefficient (Wildman–Crippen LogP) is 3.98. The van der Waals surface area contributed by atoms with E-state index in [1.54, 1.807) is 4.90 Å². The lowest BCUT2D eigenvalue weighted by Crippen LogP contribution is -2.50. The Balaban J connectivity index is 1.37. The lowest BCUT2D eigenvalue weighted by molar-refractivity contribution is -0.117. The van der Waals surface area contributed by atoms with Crippen LogP contribution in [0, 0.1) is 13.8 Å². The fraction of sp³-hybridized carbons (Fsp3) is 0.385. The highest BCUT2D eigenvalue weighted by Gasteiger charge is 2.28. The molecule has 33 heavy (non-hydrogen) atoms. The Morgan fingerprint density at radius 1 is 1.03 bits per heavy atom. The van der Waals surface area contributed by atoms with Crippen molar-refractivity contribution in [1.82, 2.24) is 9.80 Å². The number of nitrogens with one attached hydrogen (secondary N) is 1. The molecule has 7 nitrogen and oxygen atoms in total. The number of furan rings is 1. The summed E-state index contributed by atoms with van der Waals surface area (Å²) in [6.07, 6.45) is 0. The smallest absolute Gasteiger partial charge is 0.290 e. The van der Waals surface area contributed by atoms with Crippen molar-refractivity contribution in [3.8, 4) is 0 Å². The second-order valence-electron chi connectivity index (χ2n) is 8.41. The number of ether oxygens (including phenoxy) is 1. The molecular formula is C26H31N3O4. The van der Waals surface area contributed by atoms with Crippen LogP contribution < -0.4 is 5.32 Å². The zero-order chi connectivity index (χ0) is 23.4. The summed E-state index contributed by atoms with van der Waals surface area (Å²) >= 11 is 0. The molecule has 1 N–H and O–H groups in total. The molecule has 0 atom stereocenters. The maximum absolute atomic E-state index is 13.3. The van der Waals surface area contributed by atoms with Crippen LogP contribution in [-0.2, 0) is 16.1 Å². The molecule has 0 radical (unpaired) electrons. The van der Waals surface area contributed by atoms with Crippen molar-refractivity contribution >= 4 is 28.5 Å². The highest BCUT2D eigenvalue weighted by atomic mass is 16.5. The number of carbonyl (C=O) groups is 2. The summed E-state index contributed by atoms with van der Waals surface area (Å²) in [7, 11) is 0. The average Bonchev–Trinajstić information content (AvgIpc) is 3.19. The van der Waals surface area contributed by atoms with Crippen molar-refractivity contribution in [2.24, 2.45) is 0 Å². The van der Waals surface area contributed by atoms with Gasteiger partial charge in [0, 0.05) is 49.4 Å². The van der Waals surface area contributed by atoms with E-state index in [2.05, 4.69) is 10.2 Å². The zero-order valence-electron chi connectivity index (χ0n) is 19.5. The zero-order valence-corrected chi connectivity index (χ0v) is 19.5. The van der Waals surface area contributed by atoms with Gasteiger partial charge in [0.2, 0.25) is 5.91 Å². The Morgan fingerprint density at radius 3 is 2.55 bits per heavy atom. The van der Waals surface area contributed by atoms with Gasteiger partial charge in [0.15, 0.2) is 5.76 Å². The summed E-state index contributed by atoms with van der Waals surface area (Å²) in [5.41, 5.74) is 4.56. The summed E-state index contributed by atoms with van der Waals surface area (Å²) < 4.78 is 11.5. The number of amides is 2. The summed E-state index contributed by atoms with van der Waals surface area (Å²) in [5, 5.41) is 3.92. The van der Waals surface area contributed by atoms with E-state index in [0.717, 1.165) is 27.8 Å². The largest absolute Gasteiger partial charge is 0.451 e. The van der Waals surface area contributed by atoms with Crippen molar-refractivity contribution in [3.63, 3.8) is 0 Å². The molecule has 2 heterocycles. The third-order valence-electron chi connectivity index (χ3n) is 6.25. The first kappa shape index (κ1) is 23.0. The molecule has 0 saturated carbocycles. The standard InChI is InChI=1S/C26H31N3O4/c1-4-32-17-21-20-9-5-6-11-23(20)33-25(21)26(31)29-14-12-28(13-15-29)16-24(30)27-22-10-7-8-18(2)19(22)3/h5-11H,4,12-17H2,1-3H3,(H,27,30). The lowest BCUT2D eigenvalue weighted by Gasteiger charge is -2.34. The molecule has 1 saturated heterocycles. The van der Waals surface area contributed by atoms with Crippen LogP contribution in [0.15, 0.2) is 46.9 Å². The van der Waals surface area contributed by atoms with Crippen LogP contribution in [0.3, 0.4) is 0 Å². The summed E-state index contributed by atoms with van der Waals surface area (Å²) in [4.78, 5) is 29.7. The van der Waals surface area contributed by atoms with Gasteiger partial charge in [-0.2, -0.15) is 0 Å². The normalized spacial score (nSPS) is 14.6. The van der Waals surface area contributed by atoms with Crippen molar-refractivity contribution < 1.29 is 18.7 Å². The summed E-state index contributed by atoms with van der Waals surface area (Å²) in [5.74, 6) is 0.186. The van der Waals surface area contributed by atoms with Gasteiger partial charge in [-0.25, -0.2) is 0 Å². The molecule has 0 unspecified atom stereocenters. The fourth-order valence-corrected chi connectivity index (χ4v) is 4.15. The van der Waals surface area contributed by atoms with Crippen LogP contribution >= 0.6 is 0 Å². The second-order valence-corrected chi connectivity index (χ2v) is 8.41. The van der Waals surface area contributed by atoms with Crippen LogP contribution in [0.4, 0.5) is 5.69 Å². The van der Waals surface area contributed by atoms with E-state index in [1.165, 1.54) is 0 Å². The summed E-state index contributed by atoms with van der Waals surface area (Å²) in [6, 6.07) is 13.5. The highest BCUT2D eigenvalue weighted by molar-refractivity contribution is 5.99. The van der Waals surface area contributed by atoms with Crippen LogP contribution in [-0.4, -0.2) is 60.9 Å². The molecule has 3 aromatic rings. The Kier molecular flexibility index (Phi) is 7.11. The highest BCUT2D eigenvalue weighted by Crippen LogP contribution is 2.28. The number of para-hydroxylation sites is 1. The van der Waals surface area contributed by atoms with Gasteiger partial charge < -0.3 is 19.4 Å². The number of carbonyl (C=O) groups excluding carboxylic acids is 2. The van der Waals surface area contributed by atoms with Gasteiger partial charge in [0.25, 0.3) is 5.91 Å². The quantitative estimate of drug-likeness (QED) is 0.591. The first-order valence-electron chi connectivity index (χ1n) is 11.4. The van der Waals surface area contributed by atoms with E-state index >= 15 is 0 Å². The van der Waals surface area contributed by atoms with E-state index in [0.29, 0.717) is 57.3 Å². The maximum atomic E-state index is 13.3. The molecule has 1 aliphatic rings. The molecule has 2 amide bonds. The molecule has 7 heteroatoms. The van der Waals surface area contributed by atoms with Gasteiger partial charge in [-0.05, 0) is 44.0 Å². The van der Waals surface area contributed by atoms with Crippen LogP contribution in [0.5, 0.6) is 0 Å². The Bertz CT molecular complexity index is 1150. The second kappa shape index (κ2) is 10.2. The number of aryl methyl sites for hydroxylation is 1. The van der Waals surface area contributed by atoms with E-state index in [1.807, 2.05) is 63.2 Å². The number of nitrogens with zero attached hydrogens (tertiary/aromatic N) is 2. The molecule has 1 fully saturated rings. The number of benzene rings is 2. The molecule has 1 aromatic heterocycles. The Labute approximate surface area is 194 Å². The molecule has 0 bridgehead atoms. The number of anilines is 1. The van der Waals surface area contributed by atoms with Gasteiger partial charge in [0.05, 0.1) is 13.2 Å². The van der Waals surface area contributed by atoms with Gasteiger partial charge in [-0.1, -0.05) is 30.3 Å². The van der Waals surface area contributed by atoms with Crippen molar-refractivity contribution in [3.05, 3.63) is 64.9 Å². The minimum absolute atomic E-state index is 0.0419. The number of hydrogen-bond donors (Lipinski definition) is 1. The third kappa shape index (κ3) is 5.10. The maximum Gasteiger partial charge on any atom is 0.290 e. The topological polar surface area (TPSA) is 75.0 Å². The van der Waals surface area contributed by atoms with Gasteiger partial charge in [-0.3, -0.25) is 14.5 Å². The number of hydrogen-bond acceptors (Lipinski definition) is 5. The predicted molar refractivity (Wildman–Crippen MR) is 128 cm³/mol. The molecule has 4 rings (SSSR count). The van der Waals surface area contributed by atoms with Gasteiger partial charge >= 0.3 is 0 Å². The third-order valence-corrected chi connectivity index (χ3v) is 6.25. The van der Waals surface area contributed by atoms with E-state index in [-0.39, 0.29) is 11.8 Å². The first-order valence-corrected chi connectivity index (χ1v) is 11.4. The number of fused-ring (bicyclic) bond motifs is 1. The monoisotopic (exact) mass is 449 g/mol. The molecular weight excluding hydrogens is 418 g/mol. The minimum atomic E-state index is -0.125. The number of rotatable bonds is 7. The van der Waals surface area contributed by atoms with Crippen molar-refractivity contribution in [1.29, 1.82) is 0 Å². The lowest BCUT2D eigenvalue weighted by atomic mass is 10.1.